The third-order valence-corrected chi connectivity index (χ3v) is 6.82. The molecule has 2 N–H and O–H groups in total. The minimum atomic E-state index is -1.18. The van der Waals surface area contributed by atoms with Crippen LogP contribution in [0.3, 0.4) is 0 Å². The van der Waals surface area contributed by atoms with Crippen LogP contribution in [0.15, 0.2) is 78.3 Å². The number of amides is 1. The van der Waals surface area contributed by atoms with Gasteiger partial charge in [-0.2, -0.15) is 4.98 Å². The molecule has 0 aliphatic carbocycles. The summed E-state index contributed by atoms with van der Waals surface area (Å²) in [6, 6.07) is 18.4. The number of halogens is 1. The van der Waals surface area contributed by atoms with Crippen molar-refractivity contribution >= 4 is 50.1 Å². The number of allylic oxidation sites excluding steroid dienone is 1. The molecule has 0 aliphatic rings. The Morgan fingerprint density at radius 3 is 2.20 bits per heavy atom. The summed E-state index contributed by atoms with van der Waals surface area (Å²) in [5, 5.41) is 13.3. The van der Waals surface area contributed by atoms with Crippen molar-refractivity contribution in [3.63, 3.8) is 0 Å². The minimum Gasteiger partial charge on any atom is -0.474 e. The fourth-order valence-electron chi connectivity index (χ4n) is 2.96. The number of carboxylic acid groups (broad SMARTS) is 1. The number of nitrogens with zero attached hydrogens (tertiary/aromatic N) is 1. The van der Waals surface area contributed by atoms with Gasteiger partial charge in [0.2, 0.25) is 0 Å². The summed E-state index contributed by atoms with van der Waals surface area (Å²) in [5.74, 6) is -1.66. The topological polar surface area (TPSA) is 115 Å². The van der Waals surface area contributed by atoms with Gasteiger partial charge in [0.1, 0.15) is 13.2 Å². The highest BCUT2D eigenvalue weighted by atomic mass is 35.5. The van der Waals surface area contributed by atoms with Gasteiger partial charge in [0.25, 0.3) is 4.91 Å². The largest absolute Gasteiger partial charge is 0.474 e. The van der Waals surface area contributed by atoms with Crippen LogP contribution in [0.4, 0.5) is 9.93 Å². The van der Waals surface area contributed by atoms with E-state index in [1.54, 1.807) is 5.38 Å². The number of carbonyl (C=O) groups excluding carboxylic acids is 2. The van der Waals surface area contributed by atoms with E-state index in [4.69, 9.17) is 21.1 Å². The number of rotatable bonds is 11. The Kier molecular flexibility index (Phi) is 9.82. The van der Waals surface area contributed by atoms with Crippen molar-refractivity contribution in [2.45, 2.75) is 31.4 Å². The van der Waals surface area contributed by atoms with Crippen molar-refractivity contribution in [1.29, 1.82) is 0 Å². The van der Waals surface area contributed by atoms with E-state index in [1.165, 1.54) is 12.3 Å². The highest BCUT2D eigenvalue weighted by molar-refractivity contribution is 7.47. The van der Waals surface area contributed by atoms with Crippen molar-refractivity contribution in [1.82, 2.24) is 4.98 Å². The van der Waals surface area contributed by atoms with Crippen LogP contribution in [-0.2, 0) is 32.3 Å². The standard InChI is InChI=1S/C25H23ClN2O6S/c26-20(15-22(29)33-16-18-7-3-1-4-8-18)11-12-21(23(30)31)35-14-13-27-24(35)28-25(32)34-17-19-9-5-2-6-10-19/h1-10,12-14,20H,11,15-17H2,(H-,27,28,30,31,32)/p+1. The van der Waals surface area contributed by atoms with Gasteiger partial charge >= 0.3 is 23.2 Å². The SMILES string of the molecule is O=C(CC(Cl)CC=C(C(=O)O)[s+]1ccnc1NC(=O)OCc1ccccc1)OCc1ccccc1. The second-order valence-corrected chi connectivity index (χ2v) is 9.69. The lowest BCUT2D eigenvalue weighted by Gasteiger charge is -2.08. The Morgan fingerprint density at radius 1 is 1.00 bits per heavy atom. The number of hydrogen-bond acceptors (Lipinski definition) is 6. The first-order chi connectivity index (χ1) is 16.9. The van der Waals surface area contributed by atoms with Crippen LogP contribution >= 0.6 is 22.1 Å². The number of anilines is 1. The van der Waals surface area contributed by atoms with Gasteiger partial charge in [0.15, 0.2) is 5.38 Å². The van der Waals surface area contributed by atoms with Gasteiger partial charge in [0, 0.05) is 5.38 Å². The van der Waals surface area contributed by atoms with Gasteiger partial charge in [0.05, 0.1) is 23.1 Å². The van der Waals surface area contributed by atoms with E-state index in [1.807, 2.05) is 60.7 Å². The Morgan fingerprint density at radius 2 is 1.60 bits per heavy atom. The highest BCUT2D eigenvalue weighted by Crippen LogP contribution is 2.38. The molecule has 0 fully saturated rings. The molecule has 3 rings (SSSR count). The van der Waals surface area contributed by atoms with Gasteiger partial charge in [-0.1, -0.05) is 60.7 Å². The molecule has 0 aliphatic heterocycles. The predicted octanol–water partition coefficient (Wildman–Crippen LogP) is 5.64. The summed E-state index contributed by atoms with van der Waals surface area (Å²) >= 11 is 6.26. The maximum absolute atomic E-state index is 12.2. The molecule has 35 heavy (non-hydrogen) atoms. The quantitative estimate of drug-likeness (QED) is 0.147. The second-order valence-electron chi connectivity index (χ2n) is 7.30. The van der Waals surface area contributed by atoms with Gasteiger partial charge in [-0.25, -0.2) is 14.9 Å². The number of carboxylic acids is 1. The van der Waals surface area contributed by atoms with Crippen LogP contribution in [0.1, 0.15) is 24.0 Å². The molecule has 2 aromatic carbocycles. The van der Waals surface area contributed by atoms with Crippen molar-refractivity contribution in [3.05, 3.63) is 89.4 Å². The summed E-state index contributed by atoms with van der Waals surface area (Å²) in [4.78, 5) is 40.2. The molecule has 2 unspecified atom stereocenters. The first kappa shape index (κ1) is 25.9. The maximum Gasteiger partial charge on any atom is 0.416 e. The minimum absolute atomic E-state index is 0.00385. The first-order valence-electron chi connectivity index (χ1n) is 10.6. The fourth-order valence-corrected chi connectivity index (χ4v) is 4.67. The Labute approximate surface area is 210 Å². The predicted molar refractivity (Wildman–Crippen MR) is 134 cm³/mol. The summed E-state index contributed by atoms with van der Waals surface area (Å²) in [6.07, 6.45) is 2.16. The molecule has 1 heterocycles. The smallest absolute Gasteiger partial charge is 0.416 e. The Hall–Kier alpha value is -3.69. The van der Waals surface area contributed by atoms with Crippen LogP contribution < -0.4 is 5.32 Å². The zero-order valence-electron chi connectivity index (χ0n) is 18.6. The summed E-state index contributed by atoms with van der Waals surface area (Å²) in [7, 11) is -1.11. The molecule has 2 atom stereocenters. The summed E-state index contributed by atoms with van der Waals surface area (Å²) in [6.45, 7) is 0.205. The number of thiazole rings is 1. The highest BCUT2D eigenvalue weighted by Gasteiger charge is 2.29. The molecule has 0 saturated heterocycles. The van der Waals surface area contributed by atoms with Gasteiger partial charge in [-0.3, -0.25) is 4.79 Å². The monoisotopic (exact) mass is 515 g/mol. The van der Waals surface area contributed by atoms with Crippen molar-refractivity contribution in [3.8, 4) is 0 Å². The maximum atomic E-state index is 12.2. The average Bonchev–Trinajstić information content (AvgIpc) is 3.30. The molecular weight excluding hydrogens is 492 g/mol. The van der Waals surface area contributed by atoms with Crippen LogP contribution in [0.2, 0.25) is 0 Å². The number of ether oxygens (including phenoxy) is 2. The number of aliphatic carboxylic acids is 1. The zero-order valence-corrected chi connectivity index (χ0v) is 20.2. The molecule has 182 valence electrons. The van der Waals surface area contributed by atoms with E-state index in [9.17, 15) is 19.5 Å². The van der Waals surface area contributed by atoms with E-state index in [0.29, 0.717) is 0 Å². The van der Waals surface area contributed by atoms with Gasteiger partial charge in [-0.15, -0.1) is 11.6 Å². The van der Waals surface area contributed by atoms with Crippen LogP contribution in [0.5, 0.6) is 0 Å². The van der Waals surface area contributed by atoms with E-state index >= 15 is 0 Å². The lowest BCUT2D eigenvalue weighted by atomic mass is 10.2. The second kappa shape index (κ2) is 13.3. The molecule has 0 saturated carbocycles. The van der Waals surface area contributed by atoms with E-state index < -0.39 is 33.9 Å². The van der Waals surface area contributed by atoms with Crippen molar-refractivity contribution in [2.75, 3.05) is 5.32 Å². The van der Waals surface area contributed by atoms with Crippen LogP contribution in [0.25, 0.3) is 4.91 Å². The summed E-state index contributed by atoms with van der Waals surface area (Å²) < 4.78 is 10.4. The number of nitrogens with one attached hydrogen (secondary N) is 1. The van der Waals surface area contributed by atoms with Crippen molar-refractivity contribution < 1.29 is 29.0 Å². The lowest BCUT2D eigenvalue weighted by molar-refractivity contribution is -0.145. The van der Waals surface area contributed by atoms with Crippen LogP contribution in [0, 0.1) is 0 Å². The number of aromatic nitrogens is 1. The lowest BCUT2D eigenvalue weighted by Crippen LogP contribution is -2.14. The molecule has 0 spiro atoms. The molecule has 3 aromatic rings. The molecule has 0 radical (unpaired) electrons. The third-order valence-electron chi connectivity index (χ3n) is 4.66. The van der Waals surface area contributed by atoms with Gasteiger partial charge in [-0.05, 0) is 23.6 Å². The number of hydrogen-bond donors (Lipinski definition) is 2. The fraction of sp³-hybridized carbons (Fsp3) is 0.200. The zero-order chi connectivity index (χ0) is 25.0. The molecule has 10 heteroatoms. The number of benzene rings is 2. The van der Waals surface area contributed by atoms with Crippen molar-refractivity contribution in [2.24, 2.45) is 0 Å². The molecule has 1 amide bonds. The van der Waals surface area contributed by atoms with E-state index in [2.05, 4.69) is 10.3 Å². The number of carbonyl (C=O) groups is 3. The third kappa shape index (κ3) is 8.55. The number of alkyl halides is 1. The van der Waals surface area contributed by atoms with E-state index in [-0.39, 0.29) is 36.1 Å². The summed E-state index contributed by atoms with van der Waals surface area (Å²) in [5.41, 5.74) is 1.67. The van der Waals surface area contributed by atoms with E-state index in [0.717, 1.165) is 11.1 Å². The molecule has 1 aromatic heterocycles. The molecule has 8 nitrogen and oxygen atoms in total. The molecule has 0 bridgehead atoms. The normalized spacial score (nSPS) is 12.5. The number of esters is 1. The Bertz CT molecular complexity index is 1170. The Balaban J connectivity index is 1.55. The average molecular weight is 516 g/mol. The van der Waals surface area contributed by atoms with Gasteiger partial charge < -0.3 is 14.6 Å². The molecular formula is C25H24ClN2O6S+. The first-order valence-corrected chi connectivity index (χ1v) is 12.4. The van der Waals surface area contributed by atoms with Crippen LogP contribution in [-0.4, -0.2) is 33.5 Å².